The molecule has 4 aromatic rings. The second-order valence-electron chi connectivity index (χ2n) is 11.3. The van der Waals surface area contributed by atoms with Crippen LogP contribution in [0.2, 0.25) is 10.0 Å². The number of benzene rings is 2. The molecule has 10 nitrogen and oxygen atoms in total. The van der Waals surface area contributed by atoms with Crippen molar-refractivity contribution >= 4 is 50.7 Å². The summed E-state index contributed by atoms with van der Waals surface area (Å²) in [6.07, 6.45) is 0.591. The Labute approximate surface area is 267 Å². The van der Waals surface area contributed by atoms with Gasteiger partial charge in [-0.15, -0.1) is 0 Å². The smallest absolute Gasteiger partial charge is 0.338 e. The van der Waals surface area contributed by atoms with E-state index in [1.165, 1.54) is 18.4 Å². The third kappa shape index (κ3) is 5.65. The highest BCUT2D eigenvalue weighted by atomic mass is 35.5. The van der Waals surface area contributed by atoms with Gasteiger partial charge in [0, 0.05) is 17.0 Å². The van der Waals surface area contributed by atoms with E-state index in [1.807, 2.05) is 13.8 Å². The maximum absolute atomic E-state index is 12.3. The van der Waals surface area contributed by atoms with Crippen LogP contribution in [-0.2, 0) is 25.6 Å². The van der Waals surface area contributed by atoms with Gasteiger partial charge in [-0.3, -0.25) is 0 Å². The third-order valence-electron chi connectivity index (χ3n) is 7.85. The quantitative estimate of drug-likeness (QED) is 0.168. The summed E-state index contributed by atoms with van der Waals surface area (Å²) in [5.74, 6) is 1.17. The van der Waals surface area contributed by atoms with E-state index in [9.17, 15) is 4.79 Å². The largest absolute Gasteiger partial charge is 0.489 e. The normalized spacial score (nSPS) is 23.0. The molecular formula is C31H30Cl2N2O8S. The minimum Gasteiger partial charge on any atom is -0.489 e. The number of carbonyl (C=O) groups excluding carboxylic acids is 1. The van der Waals surface area contributed by atoms with E-state index in [1.54, 1.807) is 30.3 Å². The van der Waals surface area contributed by atoms with E-state index in [0.717, 1.165) is 28.9 Å². The van der Waals surface area contributed by atoms with Crippen LogP contribution in [0.1, 0.15) is 54.3 Å². The van der Waals surface area contributed by atoms with Gasteiger partial charge in [0.1, 0.15) is 41.0 Å². The third-order valence-corrected chi connectivity index (χ3v) is 9.37. The summed E-state index contributed by atoms with van der Waals surface area (Å²) in [5, 5.41) is 5.78. The fraction of sp³-hybridized carbons (Fsp3) is 0.452. The molecule has 0 N–H and O–H groups in total. The lowest BCUT2D eigenvalue weighted by Crippen LogP contribution is -2.35. The zero-order chi connectivity index (χ0) is 30.5. The molecule has 1 saturated carbocycles. The molecule has 1 aliphatic carbocycles. The van der Waals surface area contributed by atoms with E-state index in [-0.39, 0.29) is 37.1 Å². The van der Waals surface area contributed by atoms with Crippen LogP contribution in [-0.4, -0.2) is 67.0 Å². The molecule has 4 heterocycles. The van der Waals surface area contributed by atoms with Gasteiger partial charge in [-0.2, -0.15) is 4.98 Å². The average molecular weight is 662 g/mol. The molecule has 3 aliphatic rings. The van der Waals surface area contributed by atoms with E-state index in [0.29, 0.717) is 62.5 Å². The molecular weight excluding hydrogens is 631 g/mol. The second kappa shape index (κ2) is 12.1. The van der Waals surface area contributed by atoms with E-state index in [2.05, 4.69) is 10.1 Å². The van der Waals surface area contributed by atoms with Crippen LogP contribution in [0.4, 0.5) is 0 Å². The summed E-state index contributed by atoms with van der Waals surface area (Å²) >= 11 is 14.4. The molecule has 232 valence electrons. The first kappa shape index (κ1) is 29.8. The standard InChI is InChI=1S/C31H30Cl2N2O8S/c1-14(2)41-20-9-16(30(36)37-3)10-23-26(20)34-31(44-23)42-22-13-40-28-21(12-39-29(22)28)38-11-17-25(35-43-27(17)15-7-8-15)24-18(32)5-4-6-19(24)33/h4-6,9-10,14-15,21-22,28-29H,7-8,11-13H2,1-3H3/t21-,22+,28+,29+/m0/s1. The summed E-state index contributed by atoms with van der Waals surface area (Å²) in [6, 6.07) is 8.73. The minimum absolute atomic E-state index is 0.110. The van der Waals surface area contributed by atoms with E-state index >= 15 is 0 Å². The lowest BCUT2D eigenvalue weighted by atomic mass is 10.0. The molecule has 0 spiro atoms. The summed E-state index contributed by atoms with van der Waals surface area (Å²) in [4.78, 5) is 16.9. The second-order valence-corrected chi connectivity index (χ2v) is 13.1. The predicted octanol–water partition coefficient (Wildman–Crippen LogP) is 6.84. The van der Waals surface area contributed by atoms with Gasteiger partial charge in [-0.05, 0) is 51.0 Å². The van der Waals surface area contributed by atoms with Crippen LogP contribution < -0.4 is 9.47 Å². The van der Waals surface area contributed by atoms with Crippen LogP contribution in [0.3, 0.4) is 0 Å². The van der Waals surface area contributed by atoms with Crippen molar-refractivity contribution in [2.24, 2.45) is 0 Å². The van der Waals surface area contributed by atoms with E-state index < -0.39 is 5.97 Å². The highest BCUT2D eigenvalue weighted by molar-refractivity contribution is 7.20. The Morgan fingerprint density at radius 2 is 1.82 bits per heavy atom. The number of hydrogen-bond acceptors (Lipinski definition) is 11. The number of nitrogens with zero attached hydrogens (tertiary/aromatic N) is 2. The van der Waals surface area contributed by atoms with E-state index in [4.69, 9.17) is 56.1 Å². The molecule has 3 fully saturated rings. The Bertz CT molecular complexity index is 1680. The van der Waals surface area contributed by atoms with Crippen molar-refractivity contribution in [1.82, 2.24) is 10.1 Å². The molecule has 2 aromatic heterocycles. The summed E-state index contributed by atoms with van der Waals surface area (Å²) < 4.78 is 42.4. The van der Waals surface area contributed by atoms with Gasteiger partial charge in [0.15, 0.2) is 6.10 Å². The zero-order valence-electron chi connectivity index (χ0n) is 24.2. The highest BCUT2D eigenvalue weighted by Crippen LogP contribution is 2.46. The monoisotopic (exact) mass is 660 g/mol. The van der Waals surface area contributed by atoms with Crippen molar-refractivity contribution in [2.75, 3.05) is 20.3 Å². The molecule has 13 heteroatoms. The van der Waals surface area contributed by atoms with Crippen LogP contribution in [0.25, 0.3) is 21.5 Å². The lowest BCUT2D eigenvalue weighted by molar-refractivity contribution is -0.0428. The van der Waals surface area contributed by atoms with Gasteiger partial charge in [-0.1, -0.05) is 45.8 Å². The van der Waals surface area contributed by atoms with Gasteiger partial charge in [0.05, 0.1) is 53.3 Å². The number of thiazole rings is 1. The zero-order valence-corrected chi connectivity index (χ0v) is 26.5. The number of fused-ring (bicyclic) bond motifs is 2. The van der Waals surface area contributed by atoms with Crippen molar-refractivity contribution in [3.8, 4) is 22.2 Å². The Kier molecular flexibility index (Phi) is 8.19. The first-order chi connectivity index (χ1) is 21.3. The molecule has 44 heavy (non-hydrogen) atoms. The number of halogens is 2. The molecule has 2 saturated heterocycles. The molecule has 0 unspecified atom stereocenters. The van der Waals surface area contributed by atoms with Gasteiger partial charge in [0.25, 0.3) is 5.19 Å². The molecule has 0 bridgehead atoms. The van der Waals surface area contributed by atoms with Crippen molar-refractivity contribution in [3.05, 3.63) is 57.3 Å². The molecule has 0 radical (unpaired) electrons. The summed E-state index contributed by atoms with van der Waals surface area (Å²) in [6.45, 7) is 4.73. The minimum atomic E-state index is -0.452. The lowest BCUT2D eigenvalue weighted by Gasteiger charge is -2.17. The fourth-order valence-electron chi connectivity index (χ4n) is 5.65. The van der Waals surface area contributed by atoms with Crippen molar-refractivity contribution in [1.29, 1.82) is 0 Å². The number of hydrogen-bond donors (Lipinski definition) is 0. The van der Waals surface area contributed by atoms with Gasteiger partial charge >= 0.3 is 5.97 Å². The maximum Gasteiger partial charge on any atom is 0.338 e. The number of rotatable bonds is 10. The van der Waals surface area contributed by atoms with Crippen LogP contribution in [0, 0.1) is 0 Å². The molecule has 2 aliphatic heterocycles. The first-order valence-electron chi connectivity index (χ1n) is 14.4. The Morgan fingerprint density at radius 1 is 1.09 bits per heavy atom. The van der Waals surface area contributed by atoms with Gasteiger partial charge in [0.2, 0.25) is 0 Å². The number of methoxy groups -OCH3 is 1. The van der Waals surface area contributed by atoms with Crippen LogP contribution in [0.15, 0.2) is 34.9 Å². The molecule has 2 aromatic carbocycles. The molecule has 7 rings (SSSR count). The Hall–Kier alpha value is -2.93. The number of esters is 1. The molecule has 0 amide bonds. The van der Waals surface area contributed by atoms with Gasteiger partial charge < -0.3 is 32.9 Å². The number of ether oxygens (including phenoxy) is 6. The van der Waals surface area contributed by atoms with Crippen molar-refractivity contribution < 1.29 is 37.7 Å². The average Bonchev–Trinajstić information content (AvgIpc) is 3.29. The topological polar surface area (TPSA) is 111 Å². The predicted molar refractivity (Wildman–Crippen MR) is 163 cm³/mol. The first-order valence-corrected chi connectivity index (χ1v) is 16.0. The number of carbonyl (C=O) groups is 1. The SMILES string of the molecule is COC(=O)c1cc(OC(C)C)c2nc(O[C@@H]3CO[C@H]4[C@@H]3OC[C@@H]4OCc3c(-c4c(Cl)cccc4Cl)noc3C3CC3)sc2c1. The highest BCUT2D eigenvalue weighted by Gasteiger charge is 2.50. The van der Waals surface area contributed by atoms with Gasteiger partial charge in [-0.25, -0.2) is 4.79 Å². The van der Waals surface area contributed by atoms with Crippen molar-refractivity contribution in [2.45, 2.75) is 69.7 Å². The maximum atomic E-state index is 12.3. The Morgan fingerprint density at radius 3 is 2.52 bits per heavy atom. The van der Waals surface area contributed by atoms with Crippen LogP contribution in [0.5, 0.6) is 10.9 Å². The van der Waals surface area contributed by atoms with Crippen molar-refractivity contribution in [3.63, 3.8) is 0 Å². The fourth-order valence-corrected chi connectivity index (χ4v) is 7.15. The summed E-state index contributed by atoms with van der Waals surface area (Å²) in [5.41, 5.74) is 3.07. The number of aromatic nitrogens is 2. The summed E-state index contributed by atoms with van der Waals surface area (Å²) in [7, 11) is 1.34. The van der Waals surface area contributed by atoms with Crippen LogP contribution >= 0.6 is 34.5 Å². The Balaban J connectivity index is 1.06. The molecule has 4 atom stereocenters.